The van der Waals surface area contributed by atoms with Crippen LogP contribution < -0.4 is 0 Å². The molecule has 0 aromatic carbocycles. The maximum Gasteiger partial charge on any atom is 0.222 e. The van der Waals surface area contributed by atoms with Gasteiger partial charge in [0, 0.05) is 25.9 Å². The summed E-state index contributed by atoms with van der Waals surface area (Å²) in [6.07, 6.45) is 8.26. The van der Waals surface area contributed by atoms with Gasteiger partial charge in [-0.25, -0.2) is 0 Å². The van der Waals surface area contributed by atoms with Gasteiger partial charge >= 0.3 is 0 Å². The number of nitrogens with zero attached hydrogens (tertiary/aromatic N) is 4. The van der Waals surface area contributed by atoms with Crippen molar-refractivity contribution in [1.82, 2.24) is 4.90 Å². The van der Waals surface area contributed by atoms with Crippen molar-refractivity contribution in [3.05, 3.63) is 23.8 Å². The van der Waals surface area contributed by atoms with Crippen molar-refractivity contribution in [2.75, 3.05) is 13.6 Å². The number of halogens is 1. The second-order valence-corrected chi connectivity index (χ2v) is 5.34. The van der Waals surface area contributed by atoms with Crippen LogP contribution in [0.1, 0.15) is 12.8 Å². The van der Waals surface area contributed by atoms with E-state index in [1.807, 2.05) is 7.05 Å². The van der Waals surface area contributed by atoms with Gasteiger partial charge < -0.3 is 4.90 Å². The Balaban J connectivity index is 1.92. The second kappa shape index (κ2) is 4.03. The number of carbonyl (C=O) groups is 1. The maximum atomic E-state index is 11.8. The summed E-state index contributed by atoms with van der Waals surface area (Å²) in [6.45, 7) is 0.769. The molecule has 1 fully saturated rings. The molecule has 3 aliphatic rings. The van der Waals surface area contributed by atoms with Crippen LogP contribution in [0.25, 0.3) is 0 Å². The van der Waals surface area contributed by atoms with E-state index in [2.05, 4.69) is 9.98 Å². The average molecular weight is 266 g/mol. The van der Waals surface area contributed by atoms with Crippen LogP contribution in [-0.4, -0.2) is 41.0 Å². The van der Waals surface area contributed by atoms with Gasteiger partial charge in [-0.15, -0.1) is 4.00 Å². The Morgan fingerprint density at radius 3 is 3.17 bits per heavy atom. The van der Waals surface area contributed by atoms with Crippen molar-refractivity contribution in [2.45, 2.75) is 12.8 Å². The van der Waals surface area contributed by atoms with Gasteiger partial charge in [-0.05, 0) is 6.42 Å². The Kier molecular flexibility index (Phi) is 2.60. The van der Waals surface area contributed by atoms with E-state index in [1.165, 1.54) is 0 Å². The molecule has 0 N–H and O–H groups in total. The van der Waals surface area contributed by atoms with E-state index in [-0.39, 0.29) is 15.8 Å². The van der Waals surface area contributed by atoms with Gasteiger partial charge in [-0.2, -0.15) is 4.99 Å². The molecule has 5 nitrogen and oxygen atoms in total. The summed E-state index contributed by atoms with van der Waals surface area (Å²) in [4.78, 5) is 22.1. The number of rotatable bonds is 1. The van der Waals surface area contributed by atoms with E-state index in [4.69, 9.17) is 11.8 Å². The zero-order valence-corrected chi connectivity index (χ0v) is 10.8. The van der Waals surface area contributed by atoms with Crippen LogP contribution in [-0.2, 0) is 4.79 Å². The van der Waals surface area contributed by atoms with Crippen molar-refractivity contribution in [3.63, 3.8) is 0 Å². The van der Waals surface area contributed by atoms with Gasteiger partial charge in [0.2, 0.25) is 17.9 Å². The molecule has 2 atom stereocenters. The molecule has 18 heavy (non-hydrogen) atoms. The predicted molar refractivity (Wildman–Crippen MR) is 69.6 cm³/mol. The number of allylic oxidation sites excluding steroid dienone is 2. The topological polar surface area (TPSA) is 45.0 Å². The average Bonchev–Trinajstić information content (AvgIpc) is 2.70. The largest absolute Gasteiger partial charge is 0.346 e. The Hall–Kier alpha value is -1.46. The first-order chi connectivity index (χ1) is 8.60. The number of hydrogen-bond acceptors (Lipinski definition) is 3. The number of hydrogen-bond donors (Lipinski definition) is 0. The number of amides is 1. The molecular weight excluding hydrogens is 252 g/mol. The first-order valence-electron chi connectivity index (χ1n) is 5.93. The van der Waals surface area contributed by atoms with Crippen LogP contribution in [0.2, 0.25) is 0 Å². The third-order valence-corrected chi connectivity index (χ3v) is 3.99. The van der Waals surface area contributed by atoms with Gasteiger partial charge in [-0.1, -0.05) is 0 Å². The van der Waals surface area contributed by atoms with Gasteiger partial charge in [0.05, 0.1) is 12.4 Å². The standard InChI is InChI=1S/C12H14ClN4O/c1-16-4-2-9(6-11(16)18)12-10-7-14-3-5-17(10,13)8-15-12/h3,5,7-9H,2,4,6H2,1H3/q+1. The number of likely N-dealkylation sites (tertiary alicyclic amines) is 1. The first-order valence-corrected chi connectivity index (χ1v) is 6.27. The zero-order valence-electron chi connectivity index (χ0n) is 10.1. The molecular formula is C12H14ClN4O+. The van der Waals surface area contributed by atoms with E-state index in [0.29, 0.717) is 6.42 Å². The highest BCUT2D eigenvalue weighted by molar-refractivity contribution is 6.14. The molecule has 0 aromatic rings. The van der Waals surface area contributed by atoms with Gasteiger partial charge in [0.1, 0.15) is 11.9 Å². The summed E-state index contributed by atoms with van der Waals surface area (Å²) in [5.74, 6) is 0.314. The summed E-state index contributed by atoms with van der Waals surface area (Å²) in [5.41, 5.74) is 1.76. The minimum Gasteiger partial charge on any atom is -0.346 e. The normalized spacial score (nSPS) is 34.4. The maximum absolute atomic E-state index is 11.8. The Morgan fingerprint density at radius 1 is 1.56 bits per heavy atom. The quantitative estimate of drug-likeness (QED) is 0.665. The van der Waals surface area contributed by atoms with Crippen molar-refractivity contribution >= 4 is 30.2 Å². The number of aliphatic imine (C=N–C) groups is 2. The lowest BCUT2D eigenvalue weighted by Gasteiger charge is -2.28. The van der Waals surface area contributed by atoms with Crippen LogP contribution in [0.3, 0.4) is 0 Å². The first kappa shape index (κ1) is 11.6. The molecule has 1 amide bonds. The van der Waals surface area contributed by atoms with Crippen LogP contribution in [0.4, 0.5) is 0 Å². The number of fused-ring (bicyclic) bond motifs is 1. The van der Waals surface area contributed by atoms with E-state index in [0.717, 1.165) is 24.4 Å². The van der Waals surface area contributed by atoms with E-state index in [9.17, 15) is 4.79 Å². The lowest BCUT2D eigenvalue weighted by atomic mass is 9.92. The zero-order chi connectivity index (χ0) is 12.8. The second-order valence-electron chi connectivity index (χ2n) is 4.78. The Morgan fingerprint density at radius 2 is 2.39 bits per heavy atom. The molecule has 3 rings (SSSR count). The van der Waals surface area contributed by atoms with Gasteiger partial charge in [0.15, 0.2) is 11.8 Å². The van der Waals surface area contributed by atoms with Crippen LogP contribution in [0, 0.1) is 5.92 Å². The molecule has 3 heterocycles. The molecule has 6 heteroatoms. The number of piperidine rings is 1. The minimum atomic E-state index is 0.0410. The molecule has 0 spiro atoms. The Bertz CT molecular complexity index is 522. The molecule has 0 aromatic heterocycles. The van der Waals surface area contributed by atoms with Crippen LogP contribution >= 0.6 is 11.8 Å². The van der Waals surface area contributed by atoms with E-state index >= 15 is 0 Å². The minimum absolute atomic E-state index is 0.0410. The van der Waals surface area contributed by atoms with Crippen molar-refractivity contribution in [1.29, 1.82) is 0 Å². The summed E-state index contributed by atoms with van der Waals surface area (Å²) in [5, 5.41) is 0. The van der Waals surface area contributed by atoms with Crippen molar-refractivity contribution in [2.24, 2.45) is 15.9 Å². The molecule has 2 unspecified atom stereocenters. The molecule has 0 saturated carbocycles. The van der Waals surface area contributed by atoms with Gasteiger partial charge in [0.25, 0.3) is 0 Å². The molecule has 3 aliphatic heterocycles. The van der Waals surface area contributed by atoms with Gasteiger partial charge in [-0.3, -0.25) is 9.79 Å². The fourth-order valence-corrected chi connectivity index (χ4v) is 2.69. The highest BCUT2D eigenvalue weighted by Crippen LogP contribution is 2.37. The lowest BCUT2D eigenvalue weighted by molar-refractivity contribution is -0.592. The highest BCUT2D eigenvalue weighted by atomic mass is 35.5. The molecule has 94 valence electrons. The fraction of sp³-hybridized carbons (Fsp3) is 0.417. The summed E-state index contributed by atoms with van der Waals surface area (Å²) in [6, 6.07) is 0. The smallest absolute Gasteiger partial charge is 0.222 e. The number of carbonyl (C=O) groups excluding carboxylic acids is 1. The summed E-state index contributed by atoms with van der Waals surface area (Å²) < 4.78 is 0.0410. The third kappa shape index (κ3) is 1.71. The molecule has 0 bridgehead atoms. The summed E-state index contributed by atoms with van der Waals surface area (Å²) >= 11 is 6.41. The molecule has 1 saturated heterocycles. The van der Waals surface area contributed by atoms with Crippen molar-refractivity contribution in [3.8, 4) is 0 Å². The summed E-state index contributed by atoms with van der Waals surface area (Å²) in [7, 11) is 1.83. The lowest BCUT2D eigenvalue weighted by Crippen LogP contribution is -2.36. The van der Waals surface area contributed by atoms with E-state index in [1.54, 1.807) is 29.9 Å². The predicted octanol–water partition coefficient (Wildman–Crippen LogP) is 1.63. The Labute approximate surface area is 110 Å². The third-order valence-electron chi connectivity index (χ3n) is 3.61. The number of quaternary nitrogens is 1. The fourth-order valence-electron chi connectivity index (χ4n) is 2.46. The monoisotopic (exact) mass is 265 g/mol. The van der Waals surface area contributed by atoms with Crippen LogP contribution in [0.15, 0.2) is 33.8 Å². The molecule has 0 aliphatic carbocycles. The van der Waals surface area contributed by atoms with Crippen molar-refractivity contribution < 1.29 is 8.80 Å². The highest BCUT2D eigenvalue weighted by Gasteiger charge is 2.41. The van der Waals surface area contributed by atoms with E-state index < -0.39 is 0 Å². The van der Waals surface area contributed by atoms with Crippen LogP contribution in [0.5, 0.6) is 0 Å². The SMILES string of the molecule is CN1CCC(C2=C3C=NC=C[N+]3(Cl)C=N2)CC1=O. The molecule has 0 radical (unpaired) electrons.